The van der Waals surface area contributed by atoms with Crippen molar-refractivity contribution in [3.63, 3.8) is 0 Å². The molecule has 150 valence electrons. The lowest BCUT2D eigenvalue weighted by molar-refractivity contribution is 0.0518. The van der Waals surface area contributed by atoms with Crippen LogP contribution in [0.15, 0.2) is 50.6 Å². The maximum atomic E-state index is 12.9. The molecule has 1 aliphatic rings. The highest BCUT2D eigenvalue weighted by molar-refractivity contribution is 5.98. The van der Waals surface area contributed by atoms with Crippen LogP contribution in [0.4, 0.5) is 0 Å². The zero-order valence-corrected chi connectivity index (χ0v) is 15.9. The number of aromatic amines is 1. The Morgan fingerprint density at radius 2 is 1.72 bits per heavy atom. The number of H-pyrrole nitrogens is 1. The van der Waals surface area contributed by atoms with E-state index in [4.69, 9.17) is 4.42 Å². The second-order valence-electron chi connectivity index (χ2n) is 6.80. The number of benzene rings is 1. The third-order valence-corrected chi connectivity index (χ3v) is 5.13. The molecule has 1 aromatic carbocycles. The first-order chi connectivity index (χ1) is 14.0. The minimum Gasteiger partial charge on any atom is -0.459 e. The molecule has 1 N–H and O–H groups in total. The number of nitrogens with one attached hydrogen (secondary N) is 1. The van der Waals surface area contributed by atoms with E-state index in [1.165, 1.54) is 12.3 Å². The van der Waals surface area contributed by atoms with E-state index in [-0.39, 0.29) is 29.7 Å². The summed E-state index contributed by atoms with van der Waals surface area (Å²) in [6.07, 6.45) is 1.45. The molecule has 2 amide bonds. The number of fused-ring (bicyclic) bond motifs is 1. The first-order valence-corrected chi connectivity index (χ1v) is 9.38. The number of carbonyl (C=O) groups is 2. The van der Waals surface area contributed by atoms with Gasteiger partial charge in [-0.2, -0.15) is 0 Å². The van der Waals surface area contributed by atoms with Gasteiger partial charge < -0.3 is 19.2 Å². The highest BCUT2D eigenvalue weighted by Gasteiger charge is 2.26. The van der Waals surface area contributed by atoms with E-state index >= 15 is 0 Å². The van der Waals surface area contributed by atoms with Crippen molar-refractivity contribution in [3.05, 3.63) is 68.8 Å². The van der Waals surface area contributed by atoms with Gasteiger partial charge in [-0.3, -0.25) is 19.0 Å². The number of hydrogen-bond donors (Lipinski definition) is 1. The summed E-state index contributed by atoms with van der Waals surface area (Å²) in [6.45, 7) is 3.56. The summed E-state index contributed by atoms with van der Waals surface area (Å²) in [6, 6.07) is 7.95. The molecule has 3 aromatic rings. The van der Waals surface area contributed by atoms with Gasteiger partial charge in [0.05, 0.1) is 17.2 Å². The average Bonchev–Trinajstić information content (AvgIpc) is 3.27. The van der Waals surface area contributed by atoms with Crippen molar-refractivity contribution in [1.29, 1.82) is 0 Å². The van der Waals surface area contributed by atoms with Gasteiger partial charge in [-0.05, 0) is 37.3 Å². The van der Waals surface area contributed by atoms with E-state index in [0.717, 1.165) is 4.57 Å². The van der Waals surface area contributed by atoms with Gasteiger partial charge in [0, 0.05) is 38.3 Å². The van der Waals surface area contributed by atoms with Gasteiger partial charge in [-0.1, -0.05) is 0 Å². The van der Waals surface area contributed by atoms with Crippen molar-refractivity contribution >= 4 is 22.7 Å². The fourth-order valence-corrected chi connectivity index (χ4v) is 3.53. The van der Waals surface area contributed by atoms with Crippen molar-refractivity contribution in [1.82, 2.24) is 19.4 Å². The third kappa shape index (κ3) is 3.35. The standard InChI is InChI=1S/C20H20N4O5/c1-2-24-18(26)14-6-5-13(12-15(14)21-20(24)28)17(25)22-7-9-23(10-8-22)19(27)16-4-3-11-29-16/h3-6,11-12H,2,7-10H2,1H3,(H,21,28). The predicted molar refractivity (Wildman–Crippen MR) is 105 cm³/mol. The number of rotatable bonds is 3. The van der Waals surface area contributed by atoms with Crippen molar-refractivity contribution in [2.45, 2.75) is 13.5 Å². The van der Waals surface area contributed by atoms with Crippen LogP contribution in [0.3, 0.4) is 0 Å². The number of nitrogens with zero attached hydrogens (tertiary/aromatic N) is 3. The Bertz CT molecular complexity index is 1180. The van der Waals surface area contributed by atoms with Crippen LogP contribution in [-0.2, 0) is 6.54 Å². The molecule has 0 bridgehead atoms. The molecule has 0 unspecified atom stereocenters. The highest BCUT2D eigenvalue weighted by atomic mass is 16.3. The molecule has 0 spiro atoms. The maximum absolute atomic E-state index is 12.9. The second-order valence-corrected chi connectivity index (χ2v) is 6.80. The molecule has 3 heterocycles. The molecule has 1 aliphatic heterocycles. The van der Waals surface area contributed by atoms with Crippen molar-refractivity contribution in [2.75, 3.05) is 26.2 Å². The number of piperazine rings is 1. The lowest BCUT2D eigenvalue weighted by Gasteiger charge is -2.34. The van der Waals surface area contributed by atoms with Gasteiger partial charge in [0.1, 0.15) is 0 Å². The van der Waals surface area contributed by atoms with E-state index in [9.17, 15) is 19.2 Å². The number of carbonyl (C=O) groups excluding carboxylic acids is 2. The number of furan rings is 1. The van der Waals surface area contributed by atoms with Crippen molar-refractivity contribution in [2.24, 2.45) is 0 Å². The highest BCUT2D eigenvalue weighted by Crippen LogP contribution is 2.15. The molecule has 9 heteroatoms. The lowest BCUT2D eigenvalue weighted by Crippen LogP contribution is -2.50. The largest absolute Gasteiger partial charge is 0.459 e. The number of amides is 2. The van der Waals surface area contributed by atoms with Gasteiger partial charge in [0.15, 0.2) is 5.76 Å². The van der Waals surface area contributed by atoms with Gasteiger partial charge in [0.2, 0.25) is 0 Å². The molecule has 0 radical (unpaired) electrons. The topological polar surface area (TPSA) is 109 Å². The van der Waals surface area contributed by atoms with Crippen molar-refractivity contribution < 1.29 is 14.0 Å². The van der Waals surface area contributed by atoms with E-state index in [1.807, 2.05) is 0 Å². The van der Waals surface area contributed by atoms with Crippen LogP contribution >= 0.6 is 0 Å². The SMILES string of the molecule is CCn1c(=O)[nH]c2cc(C(=O)N3CCN(C(=O)c4ccco4)CC3)ccc2c1=O. The fraction of sp³-hybridized carbons (Fsp3) is 0.300. The summed E-state index contributed by atoms with van der Waals surface area (Å²) >= 11 is 0. The fourth-order valence-electron chi connectivity index (χ4n) is 3.53. The van der Waals surface area contributed by atoms with Gasteiger partial charge in [0.25, 0.3) is 17.4 Å². The summed E-state index contributed by atoms with van der Waals surface area (Å²) < 4.78 is 6.25. The van der Waals surface area contributed by atoms with E-state index in [1.54, 1.807) is 41.0 Å². The summed E-state index contributed by atoms with van der Waals surface area (Å²) in [5, 5.41) is 0.358. The van der Waals surface area contributed by atoms with Crippen LogP contribution in [0.1, 0.15) is 27.8 Å². The Morgan fingerprint density at radius 1 is 1.03 bits per heavy atom. The molecule has 2 aromatic heterocycles. The molecular weight excluding hydrogens is 376 g/mol. The predicted octanol–water partition coefficient (Wildman–Crippen LogP) is 0.901. The Hall–Kier alpha value is -3.62. The Kier molecular flexibility index (Phi) is 4.79. The van der Waals surface area contributed by atoms with E-state index in [2.05, 4.69) is 4.98 Å². The molecule has 1 saturated heterocycles. The van der Waals surface area contributed by atoms with Crippen molar-refractivity contribution in [3.8, 4) is 0 Å². The summed E-state index contributed by atoms with van der Waals surface area (Å²) in [5.74, 6) is -0.129. The number of aromatic nitrogens is 2. The molecule has 1 fully saturated rings. The van der Waals surface area contributed by atoms with Crippen LogP contribution in [0, 0.1) is 0 Å². The summed E-state index contributed by atoms with van der Waals surface area (Å²) in [4.78, 5) is 55.6. The van der Waals surface area contributed by atoms with Crippen LogP contribution < -0.4 is 11.2 Å². The quantitative estimate of drug-likeness (QED) is 0.708. The zero-order valence-electron chi connectivity index (χ0n) is 15.9. The smallest absolute Gasteiger partial charge is 0.328 e. The van der Waals surface area contributed by atoms with Gasteiger partial charge in [-0.25, -0.2) is 4.79 Å². The molecule has 9 nitrogen and oxygen atoms in total. The van der Waals surface area contributed by atoms with Crippen LogP contribution in [-0.4, -0.2) is 57.3 Å². The molecule has 4 rings (SSSR count). The molecular formula is C20H20N4O5. The molecule has 0 saturated carbocycles. The van der Waals surface area contributed by atoms with Crippen LogP contribution in [0.5, 0.6) is 0 Å². The number of hydrogen-bond acceptors (Lipinski definition) is 5. The van der Waals surface area contributed by atoms with Gasteiger partial charge in [-0.15, -0.1) is 0 Å². The first-order valence-electron chi connectivity index (χ1n) is 9.38. The minimum atomic E-state index is -0.500. The third-order valence-electron chi connectivity index (χ3n) is 5.13. The van der Waals surface area contributed by atoms with E-state index < -0.39 is 5.69 Å². The molecule has 0 aliphatic carbocycles. The zero-order chi connectivity index (χ0) is 20.5. The Labute approximate surface area is 165 Å². The van der Waals surface area contributed by atoms with Crippen LogP contribution in [0.25, 0.3) is 10.9 Å². The Balaban J connectivity index is 1.52. The molecule has 29 heavy (non-hydrogen) atoms. The average molecular weight is 396 g/mol. The summed E-state index contributed by atoms with van der Waals surface area (Å²) in [7, 11) is 0. The monoisotopic (exact) mass is 396 g/mol. The Morgan fingerprint density at radius 3 is 2.34 bits per heavy atom. The van der Waals surface area contributed by atoms with E-state index in [0.29, 0.717) is 42.6 Å². The maximum Gasteiger partial charge on any atom is 0.328 e. The summed E-state index contributed by atoms with van der Waals surface area (Å²) in [5.41, 5.74) is -0.162. The minimum absolute atomic E-state index is 0.197. The lowest BCUT2D eigenvalue weighted by atomic mass is 10.1. The van der Waals surface area contributed by atoms with Crippen LogP contribution in [0.2, 0.25) is 0 Å². The normalized spacial score (nSPS) is 14.4. The molecule has 0 atom stereocenters. The van der Waals surface area contributed by atoms with Gasteiger partial charge >= 0.3 is 5.69 Å². The first kappa shape index (κ1) is 18.7. The second kappa shape index (κ2) is 7.42.